The Bertz CT molecular complexity index is 531. The van der Waals surface area contributed by atoms with Crippen molar-refractivity contribution in [2.24, 2.45) is 5.92 Å². The second kappa shape index (κ2) is 7.46. The second-order valence-corrected chi connectivity index (χ2v) is 5.61. The number of fused-ring (bicyclic) bond motifs is 1. The Morgan fingerprint density at radius 1 is 1.25 bits per heavy atom. The van der Waals surface area contributed by atoms with Gasteiger partial charge in [-0.3, -0.25) is 0 Å². The minimum Gasteiger partial charge on any atom is -0.379 e. The van der Waals surface area contributed by atoms with Crippen molar-refractivity contribution in [3.63, 3.8) is 0 Å². The summed E-state index contributed by atoms with van der Waals surface area (Å²) in [6.45, 7) is 10.9. The van der Waals surface area contributed by atoms with Crippen LogP contribution in [-0.2, 0) is 17.8 Å². The van der Waals surface area contributed by atoms with E-state index in [-0.39, 0.29) is 0 Å². The molecule has 0 aliphatic heterocycles. The molecule has 0 radical (unpaired) electrons. The molecule has 0 aliphatic carbocycles. The number of aromatic nitrogens is 1. The highest BCUT2D eigenvalue weighted by Gasteiger charge is 2.06. The van der Waals surface area contributed by atoms with Crippen molar-refractivity contribution in [3.05, 3.63) is 36.0 Å². The number of nitrogens with zero attached hydrogens (tertiary/aromatic N) is 1. The van der Waals surface area contributed by atoms with Crippen LogP contribution in [0.3, 0.4) is 0 Å². The fraction of sp³-hybridized carbons (Fsp3) is 0.529. The summed E-state index contributed by atoms with van der Waals surface area (Å²) in [5.41, 5.74) is 2.69. The predicted octanol–water partition coefficient (Wildman–Crippen LogP) is 3.42. The van der Waals surface area contributed by atoms with Crippen molar-refractivity contribution in [2.75, 3.05) is 19.8 Å². The quantitative estimate of drug-likeness (QED) is 0.746. The first kappa shape index (κ1) is 15.1. The van der Waals surface area contributed by atoms with Gasteiger partial charge in [0.15, 0.2) is 0 Å². The van der Waals surface area contributed by atoms with Crippen molar-refractivity contribution in [1.29, 1.82) is 0 Å². The summed E-state index contributed by atoms with van der Waals surface area (Å²) in [5, 5.41) is 4.72. The summed E-state index contributed by atoms with van der Waals surface area (Å²) in [6, 6.07) is 8.70. The molecule has 20 heavy (non-hydrogen) atoms. The zero-order chi connectivity index (χ0) is 14.4. The summed E-state index contributed by atoms with van der Waals surface area (Å²) < 4.78 is 8.01. The summed E-state index contributed by atoms with van der Waals surface area (Å²) in [5.74, 6) is 0.598. The second-order valence-electron chi connectivity index (χ2n) is 5.61. The Morgan fingerprint density at radius 3 is 2.85 bits per heavy atom. The van der Waals surface area contributed by atoms with Gasteiger partial charge < -0.3 is 14.6 Å². The van der Waals surface area contributed by atoms with E-state index in [4.69, 9.17) is 4.74 Å². The molecule has 110 valence electrons. The molecule has 1 aromatic heterocycles. The third-order valence-electron chi connectivity index (χ3n) is 3.37. The van der Waals surface area contributed by atoms with Gasteiger partial charge in [-0.25, -0.2) is 0 Å². The molecule has 1 aromatic carbocycles. The van der Waals surface area contributed by atoms with Crippen LogP contribution in [0, 0.1) is 5.92 Å². The number of hydrogen-bond donors (Lipinski definition) is 1. The van der Waals surface area contributed by atoms with E-state index in [1.54, 1.807) is 0 Å². The van der Waals surface area contributed by atoms with Crippen LogP contribution in [0.4, 0.5) is 0 Å². The van der Waals surface area contributed by atoms with Crippen LogP contribution in [0.1, 0.15) is 26.3 Å². The smallest absolute Gasteiger partial charge is 0.0645 e. The maximum atomic E-state index is 5.70. The van der Waals surface area contributed by atoms with Gasteiger partial charge in [0.05, 0.1) is 12.1 Å². The topological polar surface area (TPSA) is 26.2 Å². The van der Waals surface area contributed by atoms with Gasteiger partial charge in [0.2, 0.25) is 0 Å². The van der Waals surface area contributed by atoms with Crippen molar-refractivity contribution in [2.45, 2.75) is 33.9 Å². The van der Waals surface area contributed by atoms with Crippen LogP contribution in [0.15, 0.2) is 30.5 Å². The van der Waals surface area contributed by atoms with Gasteiger partial charge >= 0.3 is 0 Å². The van der Waals surface area contributed by atoms with Crippen molar-refractivity contribution in [1.82, 2.24) is 9.88 Å². The first-order chi connectivity index (χ1) is 9.72. The molecule has 0 saturated heterocycles. The Morgan fingerprint density at radius 2 is 2.10 bits per heavy atom. The SMILES string of the molecule is CCNCc1cccc2ccn(CCOCC(C)C)c12. The Labute approximate surface area is 121 Å². The molecule has 0 atom stereocenters. The van der Waals surface area contributed by atoms with E-state index in [0.29, 0.717) is 5.92 Å². The lowest BCUT2D eigenvalue weighted by molar-refractivity contribution is 0.104. The van der Waals surface area contributed by atoms with Gasteiger partial charge in [-0.05, 0) is 29.5 Å². The lowest BCUT2D eigenvalue weighted by Crippen LogP contribution is -2.14. The molecule has 2 rings (SSSR count). The molecule has 0 saturated carbocycles. The summed E-state index contributed by atoms with van der Waals surface area (Å²) in [7, 11) is 0. The van der Waals surface area contributed by atoms with Crippen molar-refractivity contribution >= 4 is 10.9 Å². The van der Waals surface area contributed by atoms with Gasteiger partial charge in [0.1, 0.15) is 0 Å². The number of hydrogen-bond acceptors (Lipinski definition) is 2. The van der Waals surface area contributed by atoms with Gasteiger partial charge in [-0.15, -0.1) is 0 Å². The van der Waals surface area contributed by atoms with Gasteiger partial charge in [0, 0.05) is 25.9 Å². The highest BCUT2D eigenvalue weighted by atomic mass is 16.5. The molecule has 0 bridgehead atoms. The number of nitrogens with one attached hydrogen (secondary N) is 1. The highest BCUT2D eigenvalue weighted by molar-refractivity contribution is 5.83. The van der Waals surface area contributed by atoms with Crippen LogP contribution < -0.4 is 5.32 Å². The number of rotatable bonds is 8. The highest BCUT2D eigenvalue weighted by Crippen LogP contribution is 2.20. The molecular weight excluding hydrogens is 248 g/mol. The van der Waals surface area contributed by atoms with Crippen LogP contribution in [0.2, 0.25) is 0 Å². The summed E-state index contributed by atoms with van der Waals surface area (Å²) in [6.07, 6.45) is 2.17. The maximum absolute atomic E-state index is 5.70. The fourth-order valence-corrected chi connectivity index (χ4v) is 2.41. The first-order valence-electron chi connectivity index (χ1n) is 7.57. The van der Waals surface area contributed by atoms with E-state index in [1.807, 2.05) is 0 Å². The molecule has 0 spiro atoms. The average Bonchev–Trinajstić information content (AvgIpc) is 2.85. The molecular formula is C17H26N2O. The third kappa shape index (κ3) is 3.84. The van der Waals surface area contributed by atoms with Crippen LogP contribution in [-0.4, -0.2) is 24.3 Å². The van der Waals surface area contributed by atoms with Crippen LogP contribution in [0.25, 0.3) is 10.9 Å². The maximum Gasteiger partial charge on any atom is 0.0645 e. The molecule has 0 fully saturated rings. The zero-order valence-corrected chi connectivity index (χ0v) is 12.9. The predicted molar refractivity (Wildman–Crippen MR) is 85.0 cm³/mol. The average molecular weight is 274 g/mol. The van der Waals surface area contributed by atoms with Crippen molar-refractivity contribution in [3.8, 4) is 0 Å². The van der Waals surface area contributed by atoms with E-state index in [2.05, 4.69) is 61.1 Å². The van der Waals surface area contributed by atoms with E-state index in [0.717, 1.165) is 32.8 Å². The Kier molecular flexibility index (Phi) is 5.62. The Hall–Kier alpha value is -1.32. The Balaban J connectivity index is 2.08. The number of para-hydroxylation sites is 1. The van der Waals surface area contributed by atoms with E-state index in [9.17, 15) is 0 Å². The van der Waals surface area contributed by atoms with Crippen LogP contribution >= 0.6 is 0 Å². The molecule has 1 heterocycles. The molecule has 3 nitrogen and oxygen atoms in total. The minimum absolute atomic E-state index is 0.598. The summed E-state index contributed by atoms with van der Waals surface area (Å²) in [4.78, 5) is 0. The monoisotopic (exact) mass is 274 g/mol. The zero-order valence-electron chi connectivity index (χ0n) is 12.9. The number of ether oxygens (including phenoxy) is 1. The molecule has 3 heteroatoms. The molecule has 1 N–H and O–H groups in total. The number of benzene rings is 1. The molecule has 0 unspecified atom stereocenters. The van der Waals surface area contributed by atoms with E-state index < -0.39 is 0 Å². The van der Waals surface area contributed by atoms with Gasteiger partial charge in [0.25, 0.3) is 0 Å². The van der Waals surface area contributed by atoms with E-state index in [1.165, 1.54) is 16.5 Å². The van der Waals surface area contributed by atoms with E-state index >= 15 is 0 Å². The standard InChI is InChI=1S/C17H26N2O/c1-4-18-12-16-7-5-6-15-8-9-19(17(15)16)10-11-20-13-14(2)3/h5-9,14,18H,4,10-13H2,1-3H3. The normalized spacial score (nSPS) is 11.6. The summed E-state index contributed by atoms with van der Waals surface area (Å²) >= 11 is 0. The molecule has 0 amide bonds. The van der Waals surface area contributed by atoms with Gasteiger partial charge in [-0.2, -0.15) is 0 Å². The lowest BCUT2D eigenvalue weighted by Gasteiger charge is -2.11. The lowest BCUT2D eigenvalue weighted by atomic mass is 10.1. The third-order valence-corrected chi connectivity index (χ3v) is 3.37. The fourth-order valence-electron chi connectivity index (χ4n) is 2.41. The first-order valence-corrected chi connectivity index (χ1v) is 7.57. The molecule has 2 aromatic rings. The molecule has 0 aliphatic rings. The van der Waals surface area contributed by atoms with Gasteiger partial charge in [-0.1, -0.05) is 39.0 Å². The largest absolute Gasteiger partial charge is 0.379 e. The van der Waals surface area contributed by atoms with Crippen LogP contribution in [0.5, 0.6) is 0 Å². The minimum atomic E-state index is 0.598. The van der Waals surface area contributed by atoms with Crippen molar-refractivity contribution < 1.29 is 4.74 Å².